The number of aromatic nitrogens is 3. The Morgan fingerprint density at radius 1 is 1.05 bits per heavy atom. The van der Waals surface area contributed by atoms with E-state index in [0.29, 0.717) is 50.9 Å². The number of hydrogen-bond donors (Lipinski definition) is 0. The third-order valence-corrected chi connectivity index (χ3v) is 8.34. The average Bonchev–Trinajstić information content (AvgIpc) is 3.66. The molecule has 1 aliphatic heterocycles. The van der Waals surface area contributed by atoms with E-state index >= 15 is 0 Å². The smallest absolute Gasteiger partial charge is 0.410 e. The van der Waals surface area contributed by atoms with Crippen LogP contribution in [0, 0.1) is 5.92 Å². The van der Waals surface area contributed by atoms with E-state index in [9.17, 15) is 9.59 Å². The summed E-state index contributed by atoms with van der Waals surface area (Å²) in [5.74, 6) is 0.399. The molecule has 0 unspecified atom stereocenters. The molecule has 1 aliphatic rings. The Morgan fingerprint density at radius 3 is 2.59 bits per heavy atom. The van der Waals surface area contributed by atoms with Gasteiger partial charge in [0, 0.05) is 64.5 Å². The molecule has 2 aromatic heterocycles. The van der Waals surface area contributed by atoms with E-state index in [-0.39, 0.29) is 12.0 Å². The van der Waals surface area contributed by atoms with Crippen molar-refractivity contribution in [3.8, 4) is 11.1 Å². The zero-order valence-electron chi connectivity index (χ0n) is 26.2. The van der Waals surface area contributed by atoms with Crippen molar-refractivity contribution in [1.82, 2.24) is 23.9 Å². The van der Waals surface area contributed by atoms with E-state index < -0.39 is 0 Å². The molecule has 44 heavy (non-hydrogen) atoms. The SMILES string of the molecule is COCCN(C)C(=O)c1cn(Cc2cncn2CC2CCN(C(=O)OCC=C(C)C)CC2)cc1-c1cccc2ccccc12. The van der Waals surface area contributed by atoms with E-state index in [1.54, 1.807) is 16.9 Å². The molecule has 2 amide bonds. The van der Waals surface area contributed by atoms with Crippen LogP contribution in [-0.2, 0) is 22.6 Å². The van der Waals surface area contributed by atoms with Gasteiger partial charge in [-0.1, -0.05) is 48.0 Å². The van der Waals surface area contributed by atoms with Crippen LogP contribution in [-0.4, -0.2) is 82.9 Å². The topological polar surface area (TPSA) is 81.8 Å². The minimum Gasteiger partial charge on any atom is -0.445 e. The Balaban J connectivity index is 1.32. The second kappa shape index (κ2) is 14.4. The largest absolute Gasteiger partial charge is 0.445 e. The highest BCUT2D eigenvalue weighted by atomic mass is 16.6. The number of allylic oxidation sites excluding steroid dienone is 1. The molecule has 232 valence electrons. The predicted molar refractivity (Wildman–Crippen MR) is 173 cm³/mol. The van der Waals surface area contributed by atoms with Crippen molar-refractivity contribution in [2.45, 2.75) is 39.8 Å². The Kier molecular flexibility index (Phi) is 10.2. The number of carbonyl (C=O) groups excluding carboxylic acids is 2. The monoisotopic (exact) mass is 597 g/mol. The molecule has 9 nitrogen and oxygen atoms in total. The van der Waals surface area contributed by atoms with E-state index in [4.69, 9.17) is 9.47 Å². The van der Waals surface area contributed by atoms with Gasteiger partial charge in [0.25, 0.3) is 5.91 Å². The van der Waals surface area contributed by atoms with Crippen molar-refractivity contribution in [2.75, 3.05) is 47.0 Å². The summed E-state index contributed by atoms with van der Waals surface area (Å²) in [6.45, 7) is 8.08. The predicted octanol–water partition coefficient (Wildman–Crippen LogP) is 6.09. The summed E-state index contributed by atoms with van der Waals surface area (Å²) >= 11 is 0. The molecule has 0 N–H and O–H groups in total. The lowest BCUT2D eigenvalue weighted by atomic mass is 9.97. The molecule has 0 atom stereocenters. The Bertz CT molecular complexity index is 1600. The number of piperidine rings is 1. The van der Waals surface area contributed by atoms with Gasteiger partial charge in [-0.2, -0.15) is 0 Å². The summed E-state index contributed by atoms with van der Waals surface area (Å²) in [6, 6.07) is 14.5. The number of carbonyl (C=O) groups is 2. The molecule has 0 bridgehead atoms. The molecular formula is C35H43N5O4. The molecular weight excluding hydrogens is 554 g/mol. The highest BCUT2D eigenvalue weighted by Gasteiger charge is 2.25. The zero-order chi connectivity index (χ0) is 31.1. The molecule has 5 rings (SSSR count). The first-order valence-corrected chi connectivity index (χ1v) is 15.3. The molecule has 3 heterocycles. The van der Waals surface area contributed by atoms with Crippen LogP contribution in [0.2, 0.25) is 0 Å². The normalized spacial score (nSPS) is 13.7. The minimum atomic E-state index is -0.239. The van der Waals surface area contributed by atoms with E-state index in [1.807, 2.05) is 63.9 Å². The molecule has 2 aromatic carbocycles. The van der Waals surface area contributed by atoms with Crippen molar-refractivity contribution >= 4 is 22.8 Å². The van der Waals surface area contributed by atoms with Gasteiger partial charge in [0.15, 0.2) is 0 Å². The summed E-state index contributed by atoms with van der Waals surface area (Å²) in [5.41, 5.74) is 4.81. The average molecular weight is 598 g/mol. The Morgan fingerprint density at radius 2 is 1.82 bits per heavy atom. The first kappa shape index (κ1) is 31.1. The van der Waals surface area contributed by atoms with Crippen molar-refractivity contribution in [3.05, 3.63) is 90.3 Å². The number of methoxy groups -OCH3 is 1. The van der Waals surface area contributed by atoms with Gasteiger partial charge in [0.1, 0.15) is 6.61 Å². The second-order valence-corrected chi connectivity index (χ2v) is 11.8. The van der Waals surface area contributed by atoms with E-state index in [0.717, 1.165) is 52.6 Å². The second-order valence-electron chi connectivity index (χ2n) is 11.8. The summed E-state index contributed by atoms with van der Waals surface area (Å²) in [6.07, 6.45) is 11.3. The Hall–Kier alpha value is -4.37. The van der Waals surface area contributed by atoms with Crippen molar-refractivity contribution in [2.24, 2.45) is 5.92 Å². The van der Waals surface area contributed by atoms with Gasteiger partial charge in [-0.3, -0.25) is 4.79 Å². The fraction of sp³-hybridized carbons (Fsp3) is 0.400. The first-order chi connectivity index (χ1) is 21.3. The number of benzene rings is 2. The zero-order valence-corrected chi connectivity index (χ0v) is 26.2. The number of likely N-dealkylation sites (tertiary alicyclic amines) is 1. The summed E-state index contributed by atoms with van der Waals surface area (Å²) in [5, 5.41) is 2.24. The molecule has 0 spiro atoms. The maximum absolute atomic E-state index is 13.7. The molecule has 1 fully saturated rings. The van der Waals surface area contributed by atoms with Crippen molar-refractivity contribution in [1.29, 1.82) is 0 Å². The third-order valence-electron chi connectivity index (χ3n) is 8.34. The molecule has 4 aromatic rings. The van der Waals surface area contributed by atoms with Crippen LogP contribution < -0.4 is 0 Å². The maximum Gasteiger partial charge on any atom is 0.410 e. The molecule has 0 radical (unpaired) electrons. The van der Waals surface area contributed by atoms with Crippen LogP contribution in [0.3, 0.4) is 0 Å². The fourth-order valence-electron chi connectivity index (χ4n) is 5.76. The van der Waals surface area contributed by atoms with Gasteiger partial charge in [0.05, 0.1) is 30.7 Å². The van der Waals surface area contributed by atoms with Gasteiger partial charge in [-0.05, 0) is 55.0 Å². The van der Waals surface area contributed by atoms with Crippen LogP contribution >= 0.6 is 0 Å². The first-order valence-electron chi connectivity index (χ1n) is 15.3. The molecule has 0 aliphatic carbocycles. The van der Waals surface area contributed by atoms with Crippen molar-refractivity contribution in [3.63, 3.8) is 0 Å². The van der Waals surface area contributed by atoms with Gasteiger partial charge < -0.3 is 28.4 Å². The van der Waals surface area contributed by atoms with Gasteiger partial charge in [-0.25, -0.2) is 9.78 Å². The number of amides is 2. The van der Waals surface area contributed by atoms with Gasteiger partial charge >= 0.3 is 6.09 Å². The van der Waals surface area contributed by atoms with E-state index in [1.165, 1.54) is 0 Å². The third kappa shape index (κ3) is 7.39. The van der Waals surface area contributed by atoms with Gasteiger partial charge in [0.2, 0.25) is 0 Å². The maximum atomic E-state index is 13.7. The number of rotatable bonds is 11. The lowest BCUT2D eigenvalue weighted by Crippen LogP contribution is -2.39. The molecule has 9 heteroatoms. The summed E-state index contributed by atoms with van der Waals surface area (Å²) < 4.78 is 14.9. The summed E-state index contributed by atoms with van der Waals surface area (Å²) in [7, 11) is 3.46. The molecule has 1 saturated heterocycles. The standard InChI is InChI=1S/C35H43N5O4/c1-26(2)14-18-44-35(42)39-15-12-27(13-16-39)21-40-25-36-20-29(40)22-38-23-32(33(24-38)34(41)37(3)17-19-43-4)31-11-7-9-28-8-5-6-10-30(28)31/h5-11,14,20,23-25,27H,12-13,15-19,21-22H2,1-4H3. The van der Waals surface area contributed by atoms with Crippen LogP contribution in [0.15, 0.2) is 79.0 Å². The van der Waals surface area contributed by atoms with E-state index in [2.05, 4.69) is 44.6 Å². The Labute approximate surface area is 259 Å². The number of likely N-dealkylation sites (N-methyl/N-ethyl adjacent to an activating group) is 1. The number of hydrogen-bond acceptors (Lipinski definition) is 5. The number of ether oxygens (including phenoxy) is 2. The number of imidazole rings is 1. The lowest BCUT2D eigenvalue weighted by molar-refractivity contribution is 0.0744. The lowest BCUT2D eigenvalue weighted by Gasteiger charge is -2.31. The number of fused-ring (bicyclic) bond motifs is 1. The quantitative estimate of drug-likeness (QED) is 0.196. The molecule has 0 saturated carbocycles. The van der Waals surface area contributed by atoms with Crippen LogP contribution in [0.4, 0.5) is 4.79 Å². The number of nitrogens with zero attached hydrogens (tertiary/aromatic N) is 5. The minimum absolute atomic E-state index is 0.0385. The van der Waals surface area contributed by atoms with Crippen molar-refractivity contribution < 1.29 is 19.1 Å². The highest BCUT2D eigenvalue weighted by molar-refractivity contribution is 6.06. The fourth-order valence-corrected chi connectivity index (χ4v) is 5.76. The van der Waals surface area contributed by atoms with Crippen LogP contribution in [0.1, 0.15) is 42.7 Å². The highest BCUT2D eigenvalue weighted by Crippen LogP contribution is 2.33. The van der Waals surface area contributed by atoms with Crippen LogP contribution in [0.25, 0.3) is 21.9 Å². The summed E-state index contributed by atoms with van der Waals surface area (Å²) in [4.78, 5) is 34.1. The van der Waals surface area contributed by atoms with Crippen LogP contribution in [0.5, 0.6) is 0 Å². The van der Waals surface area contributed by atoms with Gasteiger partial charge in [-0.15, -0.1) is 0 Å².